The van der Waals surface area contributed by atoms with E-state index in [0.717, 1.165) is 79.5 Å². The van der Waals surface area contributed by atoms with Gasteiger partial charge in [0.1, 0.15) is 43.5 Å². The van der Waals surface area contributed by atoms with Crippen molar-refractivity contribution in [2.75, 3.05) is 59.6 Å². The number of ether oxygens (including phenoxy) is 4. The fraction of sp³-hybridized carbons (Fsp3) is 0.154. The Morgan fingerprint density at radius 3 is 1.40 bits per heavy atom. The third kappa shape index (κ3) is 24.5. The lowest BCUT2D eigenvalue weighted by Gasteiger charge is -2.11. The molecule has 1 fully saturated rings. The van der Waals surface area contributed by atoms with Gasteiger partial charge in [0, 0.05) is 19.3 Å². The highest BCUT2D eigenvalue weighted by atomic mass is 32.2. The van der Waals surface area contributed by atoms with Gasteiger partial charge in [-0.25, -0.2) is 58.7 Å². The predicted octanol–water partition coefficient (Wildman–Crippen LogP) is 14.3. The number of rotatable bonds is 21. The lowest BCUT2D eigenvalue weighted by molar-refractivity contribution is 0.0805. The van der Waals surface area contributed by atoms with Gasteiger partial charge in [-0.15, -0.1) is 90.7 Å². The van der Waals surface area contributed by atoms with Gasteiger partial charge in [-0.05, 0) is 112 Å². The van der Waals surface area contributed by atoms with Crippen LogP contribution in [-0.2, 0) is 40.5 Å². The molecule has 0 unspecified atom stereocenters. The topological polar surface area (TPSA) is 539 Å². The van der Waals surface area contributed by atoms with E-state index in [0.29, 0.717) is 37.9 Å². The number of thiophene rings is 3. The minimum absolute atomic E-state index is 0.0211. The van der Waals surface area contributed by atoms with Crippen molar-refractivity contribution in [1.29, 1.82) is 0 Å². The van der Waals surface area contributed by atoms with Gasteiger partial charge in [-0.2, -0.15) is 17.9 Å². The van der Waals surface area contributed by atoms with Gasteiger partial charge in [-0.3, -0.25) is 77.7 Å². The van der Waals surface area contributed by atoms with Crippen molar-refractivity contribution in [3.63, 3.8) is 0 Å². The van der Waals surface area contributed by atoms with E-state index in [-0.39, 0.29) is 108 Å². The summed E-state index contributed by atoms with van der Waals surface area (Å²) in [5.41, 5.74) is 4.92. The summed E-state index contributed by atoms with van der Waals surface area (Å²) in [7, 11) is -2.62. The molecule has 15 aromatic rings. The van der Waals surface area contributed by atoms with Crippen molar-refractivity contribution in [1.82, 2.24) is 70.2 Å². The van der Waals surface area contributed by atoms with Crippen molar-refractivity contribution in [3.05, 3.63) is 214 Å². The average molecular weight is 1940 g/mol. The smallest absolute Gasteiger partial charge is 0.416 e. The van der Waals surface area contributed by atoms with Crippen LogP contribution in [0.1, 0.15) is 136 Å². The standard InChI is InChI=1S/C16H13FN4O4S2.C16H15N5O4S.C16H11N3O4S2.C15H12N4O4S2.C15H13N3O5S3/c1-7(2)25-16(24)21-12(22)8-5-11(17)27-14(8)20-13(23)15-19-9-6-18-4-3-10(9)26-15;1-3-25-16(24)20-13(22)9-8-17-21(2)12(9)19-14(23)15-18-10-6-4-5-7-11(10)26-15;20-12(14-17-10-3-1-2-4-11(10)25-14)18-13-9(5-8-24-13)15(21)19-6-7-23-16(19)22;1-2-23-15(22)19-11(20)10-13(24-7-16-10)18-12(21)14-17-8-5-3-4-6-9(8)25-14;1-2-23-26(21,22)18-12(19)9-7-8-24-14(9)17-13(20)15-16-10-5-3-4-6-11(10)25-15/h3-7H,1-2H3,(H,20,23)(H,21,22,24);4-8H,3H2,1-2H3,(H,19,23)(H,20,22,24);1-5,8H,6-7H2,(H,18,20);3-7H,2H2,1H3,(H,18,21)(H,19,20,22);3-8H,2H2,1H3,(H,17,20)(H,18,19). The molecule has 51 heteroatoms. The Morgan fingerprint density at radius 1 is 0.481 bits per heavy atom. The molecule has 9 N–H and O–H groups in total. The quantitative estimate of drug-likeness (QED) is 0.0302. The largest absolute Gasteiger partial charge is 0.450 e. The van der Waals surface area contributed by atoms with E-state index in [1.54, 1.807) is 74.6 Å². The Balaban J connectivity index is 0.000000146. The van der Waals surface area contributed by atoms with Gasteiger partial charge in [0.2, 0.25) is 0 Å². The number of aromatic nitrogens is 9. The van der Waals surface area contributed by atoms with Crippen LogP contribution in [0, 0.1) is 5.13 Å². The van der Waals surface area contributed by atoms with Crippen molar-refractivity contribution >= 4 is 273 Å². The molecule has 0 spiro atoms. The molecule has 0 bridgehead atoms. The highest BCUT2D eigenvalue weighted by molar-refractivity contribution is 7.85. The Hall–Kier alpha value is -14.2. The molecule has 0 radical (unpaired) electrons. The third-order valence-corrected chi connectivity index (χ3v) is 25.6. The Labute approximate surface area is 761 Å². The summed E-state index contributed by atoms with van der Waals surface area (Å²) < 4.78 is 67.6. The molecule has 1 aliphatic rings. The number of hydrogen-bond acceptors (Lipinski definition) is 38. The molecule has 664 valence electrons. The van der Waals surface area contributed by atoms with Crippen LogP contribution in [0.3, 0.4) is 0 Å². The van der Waals surface area contributed by atoms with Crippen LogP contribution in [-0.4, -0.2) is 181 Å². The Kier molecular flexibility index (Phi) is 31.6. The fourth-order valence-corrected chi connectivity index (χ4v) is 18.7. The number of alkyl carbamates (subject to hydrolysis) is 3. The van der Waals surface area contributed by atoms with Crippen molar-refractivity contribution in [2.45, 2.75) is 40.7 Å². The van der Waals surface area contributed by atoms with Crippen LogP contribution in [0.25, 0.3) is 51.1 Å². The number of nitrogens with zero attached hydrogens (tertiary/aromatic N) is 10. The molecule has 129 heavy (non-hydrogen) atoms. The number of amides is 14. The van der Waals surface area contributed by atoms with Gasteiger partial charge < -0.3 is 45.5 Å². The zero-order valence-electron chi connectivity index (χ0n) is 67.1. The molecule has 4 aromatic carbocycles. The average Bonchev–Trinajstić information content (AvgIpc) is 1.64. The van der Waals surface area contributed by atoms with E-state index in [1.807, 2.05) is 102 Å². The molecule has 0 aliphatic carbocycles. The van der Waals surface area contributed by atoms with E-state index in [1.165, 1.54) is 92.3 Å². The summed E-state index contributed by atoms with van der Waals surface area (Å²) in [4.78, 5) is 199. The number of aryl methyl sites for hydroxylation is 1. The second kappa shape index (κ2) is 43.4. The number of anilines is 5. The van der Waals surface area contributed by atoms with Gasteiger partial charge in [0.25, 0.3) is 59.1 Å². The number of pyridine rings is 1. The van der Waals surface area contributed by atoms with Crippen molar-refractivity contribution in [3.8, 4) is 0 Å². The first kappa shape index (κ1) is 94.0. The van der Waals surface area contributed by atoms with E-state index in [9.17, 15) is 79.9 Å². The molecule has 12 heterocycles. The molecule has 0 atom stereocenters. The number of hydrogen-bond donors (Lipinski definition) is 9. The molecule has 16 rings (SSSR count). The lowest BCUT2D eigenvalue weighted by Crippen LogP contribution is -2.33. The number of thiazole rings is 6. The number of para-hydroxylation sites is 4. The summed E-state index contributed by atoms with van der Waals surface area (Å²) in [5, 5.41) is 27.6. The lowest BCUT2D eigenvalue weighted by atomic mass is 10.2. The highest BCUT2D eigenvalue weighted by Crippen LogP contribution is 2.34. The zero-order chi connectivity index (χ0) is 92.2. The van der Waals surface area contributed by atoms with Gasteiger partial charge >= 0.3 is 34.7 Å². The SMILES string of the molecule is CC(C)OC(=O)NC(=O)c1cc(F)sc1NC(=O)c1nc2cnccc2s1.CCOC(=O)NC(=O)c1cnn(C)c1NC(=O)c1nc2ccccc2s1.CCOC(=O)NC(=O)c1ncsc1NC(=O)c1nc2ccccc2s1.CCOS(=O)(=O)NC(=O)c1ccsc1NC(=O)c1nc2ccccc2s1.O=C(Nc1sccc1C(=O)N1CCOC1=O)c1nc2ccccc2s1. The van der Waals surface area contributed by atoms with Gasteiger partial charge in [0.15, 0.2) is 35.9 Å². The molecule has 0 saturated carbocycles. The first-order chi connectivity index (χ1) is 61.9. The van der Waals surface area contributed by atoms with E-state index < -0.39 is 99.1 Å². The zero-order valence-corrected chi connectivity index (χ0v) is 75.3. The molecule has 1 saturated heterocycles. The summed E-state index contributed by atoms with van der Waals surface area (Å²) >= 11 is 10.1. The molecular weight excluding hydrogens is 1880 g/mol. The summed E-state index contributed by atoms with van der Waals surface area (Å²) in [6.45, 7) is 8.52. The van der Waals surface area contributed by atoms with Gasteiger partial charge in [0.05, 0.1) is 113 Å². The molecular formula is C78H64FN19O21S10. The minimum Gasteiger partial charge on any atom is -0.450 e. The maximum atomic E-state index is 13.7. The number of cyclic esters (lactones) is 1. The molecule has 40 nitrogen and oxygen atoms in total. The number of benzene rings is 4. The third-order valence-electron chi connectivity index (χ3n) is 16.2. The van der Waals surface area contributed by atoms with Crippen molar-refractivity contribution in [2.24, 2.45) is 7.05 Å². The number of imide groups is 4. The summed E-state index contributed by atoms with van der Waals surface area (Å²) in [6.07, 6.45) is 0.556. The molecule has 1 aliphatic heterocycles. The summed E-state index contributed by atoms with van der Waals surface area (Å²) in [5.74, 6) is -5.97. The normalized spacial score (nSPS) is 11.4. The van der Waals surface area contributed by atoms with Crippen LogP contribution in [0.2, 0.25) is 0 Å². The van der Waals surface area contributed by atoms with Gasteiger partial charge in [-0.1, -0.05) is 59.9 Å². The number of carbonyl (C=O) groups excluding carboxylic acids is 14. The fourth-order valence-electron chi connectivity index (χ4n) is 10.7. The Bertz CT molecular complexity index is 6760. The maximum Gasteiger partial charge on any atom is 0.416 e. The minimum atomic E-state index is -4.19. The summed E-state index contributed by atoms with van der Waals surface area (Å²) in [6, 6.07) is 35.2. The number of carbonyl (C=O) groups is 14. The van der Waals surface area contributed by atoms with E-state index in [2.05, 4.69) is 85.5 Å². The first-order valence-electron chi connectivity index (χ1n) is 37.2. The van der Waals surface area contributed by atoms with Crippen molar-refractivity contribution < 1.29 is 103 Å². The van der Waals surface area contributed by atoms with Crippen LogP contribution in [0.4, 0.5) is 49.4 Å². The molecule has 11 aromatic heterocycles. The van der Waals surface area contributed by atoms with E-state index in [4.69, 9.17) is 9.47 Å². The Morgan fingerprint density at radius 2 is 0.922 bits per heavy atom. The second-order valence-corrected chi connectivity index (χ2v) is 35.6. The molecule has 14 amide bonds. The van der Waals surface area contributed by atoms with Crippen LogP contribution < -0.4 is 47.3 Å². The predicted molar refractivity (Wildman–Crippen MR) is 482 cm³/mol. The van der Waals surface area contributed by atoms with Crippen LogP contribution in [0.5, 0.6) is 0 Å². The first-order valence-corrected chi connectivity index (χ1v) is 46.2. The number of nitrogens with one attached hydrogen (secondary N) is 9. The number of halogens is 1. The second-order valence-electron chi connectivity index (χ2n) is 25.4. The van der Waals surface area contributed by atoms with Crippen LogP contribution in [0.15, 0.2) is 156 Å². The maximum absolute atomic E-state index is 13.7. The van der Waals surface area contributed by atoms with E-state index >= 15 is 0 Å². The van der Waals surface area contributed by atoms with Crippen LogP contribution >= 0.6 is 102 Å². The number of fused-ring (bicyclic) bond motifs is 5. The highest BCUT2D eigenvalue weighted by Gasteiger charge is 2.33. The monoisotopic (exact) mass is 1940 g/mol.